The van der Waals surface area contributed by atoms with E-state index in [1.54, 1.807) is 18.2 Å². The quantitative estimate of drug-likeness (QED) is 0.872. The molecule has 24 heavy (non-hydrogen) atoms. The van der Waals surface area contributed by atoms with Gasteiger partial charge in [0, 0.05) is 7.05 Å². The molecule has 0 unspecified atom stereocenters. The molecular formula is C18H21NO4S. The number of hydrogen-bond acceptors (Lipinski definition) is 3. The number of rotatable bonds is 6. The molecule has 0 bridgehead atoms. The van der Waals surface area contributed by atoms with E-state index in [4.69, 9.17) is 0 Å². The highest BCUT2D eigenvalue weighted by molar-refractivity contribution is 7.89. The molecule has 0 aliphatic heterocycles. The van der Waals surface area contributed by atoms with Crippen molar-refractivity contribution in [2.45, 2.75) is 31.2 Å². The lowest BCUT2D eigenvalue weighted by Gasteiger charge is -2.24. The number of carboxylic acids is 1. The van der Waals surface area contributed by atoms with Crippen LogP contribution in [0, 0.1) is 13.8 Å². The number of carboxylic acid groups (broad SMARTS) is 1. The summed E-state index contributed by atoms with van der Waals surface area (Å²) in [6.07, 6.45) is 0.110. The normalized spacial score (nSPS) is 13.0. The van der Waals surface area contributed by atoms with Gasteiger partial charge >= 0.3 is 5.97 Å². The number of likely N-dealkylation sites (N-methyl/N-ethyl adjacent to an activating group) is 1. The zero-order chi connectivity index (χ0) is 17.9. The highest BCUT2D eigenvalue weighted by Gasteiger charge is 2.32. The van der Waals surface area contributed by atoms with Crippen LogP contribution in [0.3, 0.4) is 0 Å². The first-order chi connectivity index (χ1) is 11.2. The molecule has 1 N–H and O–H groups in total. The Labute approximate surface area is 142 Å². The first kappa shape index (κ1) is 18.2. The molecule has 0 amide bonds. The van der Waals surface area contributed by atoms with Gasteiger partial charge in [0.1, 0.15) is 6.04 Å². The van der Waals surface area contributed by atoms with Gasteiger partial charge in [0.05, 0.1) is 4.90 Å². The van der Waals surface area contributed by atoms with E-state index >= 15 is 0 Å². The van der Waals surface area contributed by atoms with E-state index in [9.17, 15) is 18.3 Å². The number of aliphatic carboxylic acids is 1. The van der Waals surface area contributed by atoms with Crippen LogP contribution in [0.15, 0.2) is 53.4 Å². The van der Waals surface area contributed by atoms with Crippen LogP contribution in [0.2, 0.25) is 0 Å². The molecule has 2 aromatic carbocycles. The SMILES string of the molecule is Cc1ccc(S(=O)(=O)N(C)[C@H](Cc2cccc(C)c2)C(=O)O)cc1. The zero-order valence-corrected chi connectivity index (χ0v) is 14.7. The number of sulfonamides is 1. The summed E-state index contributed by atoms with van der Waals surface area (Å²) < 4.78 is 26.4. The monoisotopic (exact) mass is 347 g/mol. The summed E-state index contributed by atoms with van der Waals surface area (Å²) in [6.45, 7) is 3.77. The number of nitrogens with zero attached hydrogens (tertiary/aromatic N) is 1. The van der Waals surface area contributed by atoms with Crippen LogP contribution in [0.25, 0.3) is 0 Å². The molecule has 0 aliphatic rings. The maximum atomic E-state index is 12.7. The minimum absolute atomic E-state index is 0.0890. The van der Waals surface area contributed by atoms with Crippen LogP contribution in [-0.2, 0) is 21.2 Å². The first-order valence-electron chi connectivity index (χ1n) is 7.55. The van der Waals surface area contributed by atoms with Crippen LogP contribution >= 0.6 is 0 Å². The Morgan fingerprint density at radius 1 is 1.08 bits per heavy atom. The second-order valence-corrected chi connectivity index (χ2v) is 7.88. The van der Waals surface area contributed by atoms with Crippen LogP contribution < -0.4 is 0 Å². The Balaban J connectivity index is 2.33. The lowest BCUT2D eigenvalue weighted by atomic mass is 10.0. The second kappa shape index (κ2) is 7.15. The van der Waals surface area contributed by atoms with Crippen LogP contribution in [-0.4, -0.2) is 36.9 Å². The largest absolute Gasteiger partial charge is 0.480 e. The van der Waals surface area contributed by atoms with E-state index < -0.39 is 22.0 Å². The van der Waals surface area contributed by atoms with Crippen molar-refractivity contribution in [3.63, 3.8) is 0 Å². The van der Waals surface area contributed by atoms with Crippen molar-refractivity contribution in [2.75, 3.05) is 7.05 Å². The van der Waals surface area contributed by atoms with Gasteiger partial charge in [-0.15, -0.1) is 0 Å². The molecule has 5 nitrogen and oxygen atoms in total. The fourth-order valence-corrected chi connectivity index (χ4v) is 3.79. The molecule has 1 atom stereocenters. The van der Waals surface area contributed by atoms with Crippen molar-refractivity contribution in [3.05, 3.63) is 65.2 Å². The Hall–Kier alpha value is -2.18. The van der Waals surface area contributed by atoms with Crippen molar-refractivity contribution >= 4 is 16.0 Å². The van der Waals surface area contributed by atoms with E-state index in [1.807, 2.05) is 32.0 Å². The van der Waals surface area contributed by atoms with Gasteiger partial charge in [-0.05, 0) is 38.0 Å². The molecule has 0 saturated heterocycles. The third kappa shape index (κ3) is 4.01. The average molecular weight is 347 g/mol. The highest BCUT2D eigenvalue weighted by atomic mass is 32.2. The Morgan fingerprint density at radius 2 is 1.71 bits per heavy atom. The number of hydrogen-bond donors (Lipinski definition) is 1. The van der Waals surface area contributed by atoms with Gasteiger partial charge in [-0.2, -0.15) is 4.31 Å². The first-order valence-corrected chi connectivity index (χ1v) is 8.99. The fourth-order valence-electron chi connectivity index (χ4n) is 2.48. The second-order valence-electron chi connectivity index (χ2n) is 5.88. The molecule has 2 aromatic rings. The van der Waals surface area contributed by atoms with Crippen LogP contribution in [0.5, 0.6) is 0 Å². The molecule has 0 radical (unpaired) electrons. The van der Waals surface area contributed by atoms with Gasteiger partial charge < -0.3 is 5.11 Å². The number of benzene rings is 2. The molecule has 0 saturated carbocycles. The Bertz CT molecular complexity index is 828. The summed E-state index contributed by atoms with van der Waals surface area (Å²) in [5, 5.41) is 9.52. The topological polar surface area (TPSA) is 74.7 Å². The molecule has 6 heteroatoms. The minimum atomic E-state index is -3.88. The summed E-state index contributed by atoms with van der Waals surface area (Å²) >= 11 is 0. The number of aryl methyl sites for hydroxylation is 2. The van der Waals surface area contributed by atoms with Crippen molar-refractivity contribution in [2.24, 2.45) is 0 Å². The van der Waals surface area contributed by atoms with Crippen molar-refractivity contribution in [1.29, 1.82) is 0 Å². The summed E-state index contributed by atoms with van der Waals surface area (Å²) in [6, 6.07) is 12.6. The maximum absolute atomic E-state index is 12.7. The van der Waals surface area contributed by atoms with Gasteiger partial charge in [0.25, 0.3) is 0 Å². The highest BCUT2D eigenvalue weighted by Crippen LogP contribution is 2.20. The van der Waals surface area contributed by atoms with Crippen LogP contribution in [0.4, 0.5) is 0 Å². The molecule has 0 heterocycles. The van der Waals surface area contributed by atoms with Gasteiger partial charge in [-0.3, -0.25) is 4.79 Å². The third-order valence-electron chi connectivity index (χ3n) is 3.93. The van der Waals surface area contributed by atoms with Crippen LogP contribution in [0.1, 0.15) is 16.7 Å². The molecular weight excluding hydrogens is 326 g/mol. The standard InChI is InChI=1S/C18H21NO4S/c1-13-7-9-16(10-8-13)24(22,23)19(3)17(18(20)21)12-15-6-4-5-14(2)11-15/h4-11,17H,12H2,1-3H3,(H,20,21)/t17-/m1/s1. The van der Waals surface area contributed by atoms with Gasteiger partial charge in [0.2, 0.25) is 10.0 Å². The van der Waals surface area contributed by atoms with Gasteiger partial charge in [-0.1, -0.05) is 47.5 Å². The Morgan fingerprint density at radius 3 is 2.25 bits per heavy atom. The van der Waals surface area contributed by atoms with Crippen molar-refractivity contribution in [1.82, 2.24) is 4.31 Å². The summed E-state index contributed by atoms with van der Waals surface area (Å²) in [5.41, 5.74) is 2.72. The van der Waals surface area contributed by atoms with Crippen molar-refractivity contribution < 1.29 is 18.3 Å². The predicted octanol–water partition coefficient (Wildman–Crippen LogP) is 2.62. The van der Waals surface area contributed by atoms with E-state index in [2.05, 4.69) is 0 Å². The Kier molecular flexibility index (Phi) is 5.41. The van der Waals surface area contributed by atoms with E-state index in [1.165, 1.54) is 19.2 Å². The summed E-state index contributed by atoms with van der Waals surface area (Å²) in [5.74, 6) is -1.17. The van der Waals surface area contributed by atoms with E-state index in [-0.39, 0.29) is 11.3 Å². The number of carbonyl (C=O) groups is 1. The molecule has 128 valence electrons. The van der Waals surface area contributed by atoms with E-state index in [0.29, 0.717) is 0 Å². The maximum Gasteiger partial charge on any atom is 0.322 e. The van der Waals surface area contributed by atoms with Crippen molar-refractivity contribution in [3.8, 4) is 0 Å². The molecule has 0 aliphatic carbocycles. The smallest absolute Gasteiger partial charge is 0.322 e. The van der Waals surface area contributed by atoms with Gasteiger partial charge in [-0.25, -0.2) is 8.42 Å². The van der Waals surface area contributed by atoms with Gasteiger partial charge in [0.15, 0.2) is 0 Å². The minimum Gasteiger partial charge on any atom is -0.480 e. The zero-order valence-electron chi connectivity index (χ0n) is 13.9. The predicted molar refractivity (Wildman–Crippen MR) is 92.4 cm³/mol. The lowest BCUT2D eigenvalue weighted by molar-refractivity contribution is -0.141. The summed E-state index contributed by atoms with van der Waals surface area (Å²) in [7, 11) is -2.57. The molecule has 2 rings (SSSR count). The van der Waals surface area contributed by atoms with E-state index in [0.717, 1.165) is 21.0 Å². The lowest BCUT2D eigenvalue weighted by Crippen LogP contribution is -2.43. The third-order valence-corrected chi connectivity index (χ3v) is 5.81. The molecule has 0 aromatic heterocycles. The average Bonchev–Trinajstić information content (AvgIpc) is 2.52. The summed E-state index contributed by atoms with van der Waals surface area (Å²) in [4.78, 5) is 11.7. The molecule has 0 fully saturated rings. The fraction of sp³-hybridized carbons (Fsp3) is 0.278. The molecule has 0 spiro atoms.